The van der Waals surface area contributed by atoms with Crippen LogP contribution < -0.4 is 5.32 Å². The Balaban J connectivity index is 1.56. The molecule has 0 saturated heterocycles. The van der Waals surface area contributed by atoms with E-state index in [1.807, 2.05) is 6.07 Å². The summed E-state index contributed by atoms with van der Waals surface area (Å²) in [6.07, 6.45) is 0. The van der Waals surface area contributed by atoms with Crippen LogP contribution in [0.15, 0.2) is 59.0 Å². The van der Waals surface area contributed by atoms with Gasteiger partial charge in [-0.15, -0.1) is 5.10 Å². The summed E-state index contributed by atoms with van der Waals surface area (Å²) in [6, 6.07) is 13.8. The van der Waals surface area contributed by atoms with Crippen molar-refractivity contribution in [3.05, 3.63) is 70.3 Å². The Morgan fingerprint density at radius 2 is 1.89 bits per heavy atom. The number of carbonyl (C=O) groups excluding carboxylic acids is 2. The van der Waals surface area contributed by atoms with Crippen molar-refractivity contribution in [2.24, 2.45) is 0 Å². The number of esters is 1. The average Bonchev–Trinajstić information content (AvgIpc) is 3.15. The summed E-state index contributed by atoms with van der Waals surface area (Å²) in [5.41, 5.74) is 0.386. The Morgan fingerprint density at radius 1 is 1.11 bits per heavy atom. The number of ether oxygens (including phenoxy) is 1. The van der Waals surface area contributed by atoms with E-state index in [0.29, 0.717) is 5.56 Å². The molecule has 0 radical (unpaired) electrons. The van der Waals surface area contributed by atoms with E-state index in [2.05, 4.69) is 15.5 Å². The number of nitrogens with zero attached hydrogens (tertiary/aromatic N) is 3. The first-order chi connectivity index (χ1) is 13.0. The number of non-ortho nitro benzene ring substituents is 1. The molecule has 2 aromatic carbocycles. The highest BCUT2D eigenvalue weighted by atomic mass is 16.6. The fourth-order valence-corrected chi connectivity index (χ4v) is 2.09. The van der Waals surface area contributed by atoms with E-state index in [1.54, 1.807) is 24.3 Å². The van der Waals surface area contributed by atoms with Gasteiger partial charge >= 0.3 is 12.0 Å². The molecule has 0 aliphatic rings. The standard InChI is InChI=1S/C17H12N4O6/c22-14(10-26-16(23)12-7-4-8-13(9-12)21(24)25)18-17-20-19-15(27-17)11-5-2-1-3-6-11/h1-9H,10H2,(H,18,20,22). The van der Waals surface area contributed by atoms with E-state index in [0.717, 1.165) is 6.07 Å². The lowest BCUT2D eigenvalue weighted by molar-refractivity contribution is -0.384. The number of anilines is 1. The SMILES string of the molecule is O=C(COC(=O)c1cccc([N+](=O)[O-])c1)Nc1nnc(-c2ccccc2)o1. The molecule has 1 N–H and O–H groups in total. The minimum Gasteiger partial charge on any atom is -0.452 e. The lowest BCUT2D eigenvalue weighted by Crippen LogP contribution is -2.21. The average molecular weight is 368 g/mol. The van der Waals surface area contributed by atoms with E-state index < -0.39 is 23.4 Å². The van der Waals surface area contributed by atoms with Gasteiger partial charge in [-0.1, -0.05) is 29.4 Å². The highest BCUT2D eigenvalue weighted by Crippen LogP contribution is 2.19. The second-order valence-corrected chi connectivity index (χ2v) is 5.21. The van der Waals surface area contributed by atoms with Crippen molar-refractivity contribution in [1.29, 1.82) is 0 Å². The Bertz CT molecular complexity index is 986. The van der Waals surface area contributed by atoms with Gasteiger partial charge in [0.15, 0.2) is 6.61 Å². The second-order valence-electron chi connectivity index (χ2n) is 5.21. The number of carbonyl (C=O) groups is 2. The van der Waals surface area contributed by atoms with Gasteiger partial charge in [0, 0.05) is 17.7 Å². The number of rotatable bonds is 6. The zero-order valence-electron chi connectivity index (χ0n) is 13.7. The molecule has 3 aromatic rings. The van der Waals surface area contributed by atoms with Gasteiger partial charge in [0.2, 0.25) is 5.89 Å². The number of hydrogen-bond acceptors (Lipinski definition) is 8. The molecule has 10 nitrogen and oxygen atoms in total. The lowest BCUT2D eigenvalue weighted by atomic mass is 10.2. The number of nitro benzene ring substituents is 1. The van der Waals surface area contributed by atoms with Gasteiger partial charge in [0.1, 0.15) is 0 Å². The van der Waals surface area contributed by atoms with Crippen LogP contribution in [0.25, 0.3) is 11.5 Å². The molecular formula is C17H12N4O6. The number of benzene rings is 2. The van der Waals surface area contributed by atoms with Crippen LogP contribution in [-0.4, -0.2) is 33.6 Å². The van der Waals surface area contributed by atoms with E-state index in [1.165, 1.54) is 18.2 Å². The molecule has 0 atom stereocenters. The molecule has 1 aromatic heterocycles. The van der Waals surface area contributed by atoms with Crippen LogP contribution in [0.1, 0.15) is 10.4 Å². The number of amides is 1. The molecule has 136 valence electrons. The van der Waals surface area contributed by atoms with Crippen LogP contribution in [0, 0.1) is 10.1 Å². The zero-order chi connectivity index (χ0) is 19.2. The molecule has 0 spiro atoms. The van der Waals surface area contributed by atoms with Gasteiger partial charge in [-0.05, 0) is 18.2 Å². The summed E-state index contributed by atoms with van der Waals surface area (Å²) in [5.74, 6) is -1.35. The highest BCUT2D eigenvalue weighted by Gasteiger charge is 2.16. The fraction of sp³-hybridized carbons (Fsp3) is 0.0588. The quantitative estimate of drug-likeness (QED) is 0.398. The smallest absolute Gasteiger partial charge is 0.338 e. The zero-order valence-corrected chi connectivity index (χ0v) is 13.7. The third-order valence-electron chi connectivity index (χ3n) is 3.32. The first-order valence-electron chi connectivity index (χ1n) is 7.63. The molecule has 3 rings (SSSR count). The number of nitro groups is 1. The predicted molar refractivity (Wildman–Crippen MR) is 91.7 cm³/mol. The molecular weight excluding hydrogens is 356 g/mol. The van der Waals surface area contributed by atoms with Gasteiger partial charge < -0.3 is 9.15 Å². The Labute approximate surface area is 151 Å². The highest BCUT2D eigenvalue weighted by molar-refractivity contribution is 5.94. The van der Waals surface area contributed by atoms with E-state index in [9.17, 15) is 19.7 Å². The molecule has 1 amide bonds. The number of hydrogen-bond donors (Lipinski definition) is 1. The number of nitrogens with one attached hydrogen (secondary N) is 1. The van der Waals surface area contributed by atoms with Crippen molar-refractivity contribution < 1.29 is 23.7 Å². The Hall–Kier alpha value is -4.08. The molecule has 0 saturated carbocycles. The van der Waals surface area contributed by atoms with Crippen molar-refractivity contribution in [3.63, 3.8) is 0 Å². The minimum atomic E-state index is -0.871. The third kappa shape index (κ3) is 4.51. The maximum Gasteiger partial charge on any atom is 0.338 e. The molecule has 10 heteroatoms. The summed E-state index contributed by atoms with van der Waals surface area (Å²) in [5, 5.41) is 20.5. The Kier molecular flexibility index (Phi) is 5.17. The summed E-state index contributed by atoms with van der Waals surface area (Å²) in [7, 11) is 0. The maximum absolute atomic E-state index is 11.9. The largest absolute Gasteiger partial charge is 0.452 e. The van der Waals surface area contributed by atoms with Gasteiger partial charge in [0.05, 0.1) is 10.5 Å². The summed E-state index contributed by atoms with van der Waals surface area (Å²) >= 11 is 0. The van der Waals surface area contributed by atoms with Crippen LogP contribution in [0.4, 0.5) is 11.7 Å². The van der Waals surface area contributed by atoms with Crippen molar-refractivity contribution in [2.75, 3.05) is 11.9 Å². The second kappa shape index (κ2) is 7.87. The summed E-state index contributed by atoms with van der Waals surface area (Å²) in [6.45, 7) is -0.620. The molecule has 0 bridgehead atoms. The molecule has 1 heterocycles. The van der Waals surface area contributed by atoms with Crippen LogP contribution in [0.3, 0.4) is 0 Å². The first-order valence-corrected chi connectivity index (χ1v) is 7.63. The van der Waals surface area contributed by atoms with E-state index >= 15 is 0 Å². The van der Waals surface area contributed by atoms with E-state index in [4.69, 9.17) is 9.15 Å². The lowest BCUT2D eigenvalue weighted by Gasteiger charge is -2.04. The molecule has 0 unspecified atom stereocenters. The van der Waals surface area contributed by atoms with E-state index in [-0.39, 0.29) is 23.2 Å². The summed E-state index contributed by atoms with van der Waals surface area (Å²) < 4.78 is 10.1. The fourth-order valence-electron chi connectivity index (χ4n) is 2.09. The maximum atomic E-state index is 11.9. The Morgan fingerprint density at radius 3 is 2.63 bits per heavy atom. The van der Waals surface area contributed by atoms with Crippen molar-refractivity contribution >= 4 is 23.6 Å². The van der Waals surface area contributed by atoms with Crippen LogP contribution in [-0.2, 0) is 9.53 Å². The third-order valence-corrected chi connectivity index (χ3v) is 3.32. The molecule has 0 fully saturated rings. The minimum absolute atomic E-state index is 0.0406. The number of aromatic nitrogens is 2. The van der Waals surface area contributed by atoms with Gasteiger partial charge in [-0.2, -0.15) is 0 Å². The topological polar surface area (TPSA) is 137 Å². The molecule has 0 aliphatic carbocycles. The van der Waals surface area contributed by atoms with Gasteiger partial charge in [0.25, 0.3) is 11.6 Å². The molecule has 0 aliphatic heterocycles. The molecule has 27 heavy (non-hydrogen) atoms. The van der Waals surface area contributed by atoms with Crippen LogP contribution in [0.5, 0.6) is 0 Å². The monoisotopic (exact) mass is 368 g/mol. The van der Waals surface area contributed by atoms with Crippen molar-refractivity contribution in [3.8, 4) is 11.5 Å². The summed E-state index contributed by atoms with van der Waals surface area (Å²) in [4.78, 5) is 33.8. The van der Waals surface area contributed by atoms with Crippen LogP contribution >= 0.6 is 0 Å². The van der Waals surface area contributed by atoms with Crippen molar-refractivity contribution in [2.45, 2.75) is 0 Å². The normalized spacial score (nSPS) is 10.2. The predicted octanol–water partition coefficient (Wildman–Crippen LogP) is 2.44. The van der Waals surface area contributed by atoms with Gasteiger partial charge in [-0.25, -0.2) is 4.79 Å². The van der Waals surface area contributed by atoms with Crippen LogP contribution in [0.2, 0.25) is 0 Å². The van der Waals surface area contributed by atoms with Crippen molar-refractivity contribution in [1.82, 2.24) is 10.2 Å². The van der Waals surface area contributed by atoms with Gasteiger partial charge in [-0.3, -0.25) is 20.2 Å². The first kappa shape index (κ1) is 17.7.